The van der Waals surface area contributed by atoms with Crippen molar-refractivity contribution in [1.82, 2.24) is 10.2 Å². The molecule has 38 heavy (non-hydrogen) atoms. The van der Waals surface area contributed by atoms with Crippen LogP contribution in [0.3, 0.4) is 0 Å². The topological polar surface area (TPSA) is 86.8 Å². The fraction of sp³-hybridized carbons (Fsp3) is 0.286. The van der Waals surface area contributed by atoms with Gasteiger partial charge in [-0.25, -0.2) is 12.8 Å². The molecule has 0 radical (unpaired) electrons. The second-order valence-electron chi connectivity index (χ2n) is 9.26. The van der Waals surface area contributed by atoms with Crippen LogP contribution in [-0.4, -0.2) is 44.3 Å². The molecule has 0 bridgehead atoms. The Bertz CT molecular complexity index is 1330. The van der Waals surface area contributed by atoms with Crippen molar-refractivity contribution >= 4 is 39.1 Å². The molecule has 10 heteroatoms. The third-order valence-electron chi connectivity index (χ3n) is 5.84. The van der Waals surface area contributed by atoms with Gasteiger partial charge in [0.2, 0.25) is 11.8 Å². The third-order valence-corrected chi connectivity index (χ3v) is 7.88. The van der Waals surface area contributed by atoms with Gasteiger partial charge in [0, 0.05) is 18.1 Å². The highest BCUT2D eigenvalue weighted by molar-refractivity contribution is 7.92. The standard InChI is InChI=1S/C28H31ClFN3O4S/c1-20(2)17-31-28(35)21(3)32(18-22-9-11-23(29)12-10-22)27(34)19-33(25-7-5-4-6-8-25)38(36,37)26-15-13-24(30)14-16-26/h4-16,20-21H,17-19H2,1-3H3,(H,31,35)/t21-/m1/s1. The SMILES string of the molecule is CC(C)CNC(=O)[C@@H](C)N(Cc1ccc(Cl)cc1)C(=O)CN(c1ccccc1)S(=O)(=O)c1ccc(F)cc1. The van der Waals surface area contributed by atoms with Crippen LogP contribution in [-0.2, 0) is 26.2 Å². The number of hydrogen-bond acceptors (Lipinski definition) is 4. The largest absolute Gasteiger partial charge is 0.354 e. The Morgan fingerprint density at radius 3 is 2.11 bits per heavy atom. The highest BCUT2D eigenvalue weighted by atomic mass is 35.5. The Morgan fingerprint density at radius 2 is 1.53 bits per heavy atom. The summed E-state index contributed by atoms with van der Waals surface area (Å²) in [7, 11) is -4.24. The number of para-hydroxylation sites is 1. The summed E-state index contributed by atoms with van der Waals surface area (Å²) in [5.74, 6) is -1.31. The average Bonchev–Trinajstić information content (AvgIpc) is 2.90. The molecule has 0 aromatic heterocycles. The van der Waals surface area contributed by atoms with Gasteiger partial charge >= 0.3 is 0 Å². The zero-order valence-corrected chi connectivity index (χ0v) is 23.0. The molecular weight excluding hydrogens is 529 g/mol. The number of halogens is 2. The van der Waals surface area contributed by atoms with E-state index < -0.39 is 34.3 Å². The highest BCUT2D eigenvalue weighted by Gasteiger charge is 2.32. The van der Waals surface area contributed by atoms with Crippen LogP contribution in [0.4, 0.5) is 10.1 Å². The molecule has 0 aliphatic heterocycles. The average molecular weight is 560 g/mol. The van der Waals surface area contributed by atoms with Gasteiger partial charge in [-0.05, 0) is 66.9 Å². The van der Waals surface area contributed by atoms with Crippen molar-refractivity contribution in [3.8, 4) is 0 Å². The van der Waals surface area contributed by atoms with Crippen LogP contribution >= 0.6 is 11.6 Å². The molecule has 0 heterocycles. The predicted molar refractivity (Wildman–Crippen MR) is 147 cm³/mol. The lowest BCUT2D eigenvalue weighted by Gasteiger charge is -2.32. The van der Waals surface area contributed by atoms with E-state index in [2.05, 4.69) is 5.32 Å². The molecule has 0 unspecified atom stereocenters. The number of nitrogens with one attached hydrogen (secondary N) is 1. The monoisotopic (exact) mass is 559 g/mol. The van der Waals surface area contributed by atoms with Crippen molar-refractivity contribution in [2.24, 2.45) is 5.92 Å². The Hall–Kier alpha value is -3.43. The maximum absolute atomic E-state index is 13.8. The van der Waals surface area contributed by atoms with Gasteiger partial charge in [-0.2, -0.15) is 0 Å². The number of carbonyl (C=O) groups is 2. The molecule has 2 amide bonds. The van der Waals surface area contributed by atoms with Gasteiger partial charge in [-0.15, -0.1) is 0 Å². The van der Waals surface area contributed by atoms with E-state index in [0.29, 0.717) is 11.6 Å². The number of sulfonamides is 1. The first-order chi connectivity index (χ1) is 18.0. The molecule has 7 nitrogen and oxygen atoms in total. The van der Waals surface area contributed by atoms with Crippen molar-refractivity contribution < 1.29 is 22.4 Å². The van der Waals surface area contributed by atoms with Gasteiger partial charge in [0.05, 0.1) is 10.6 Å². The van der Waals surface area contributed by atoms with Gasteiger partial charge in [-0.1, -0.05) is 55.8 Å². The first-order valence-electron chi connectivity index (χ1n) is 12.1. The Kier molecular flexibility index (Phi) is 9.88. The lowest BCUT2D eigenvalue weighted by molar-refractivity contribution is -0.139. The summed E-state index contributed by atoms with van der Waals surface area (Å²) in [6.07, 6.45) is 0. The lowest BCUT2D eigenvalue weighted by Crippen LogP contribution is -2.51. The van der Waals surface area contributed by atoms with Crippen molar-refractivity contribution in [3.63, 3.8) is 0 Å². The molecule has 0 fully saturated rings. The Balaban J connectivity index is 1.97. The number of hydrogen-bond donors (Lipinski definition) is 1. The first-order valence-corrected chi connectivity index (χ1v) is 14.0. The van der Waals surface area contributed by atoms with Gasteiger partial charge in [0.15, 0.2) is 0 Å². The van der Waals surface area contributed by atoms with E-state index in [1.165, 1.54) is 4.90 Å². The lowest BCUT2D eigenvalue weighted by atomic mass is 10.1. The van der Waals surface area contributed by atoms with Crippen LogP contribution in [0.1, 0.15) is 26.3 Å². The molecule has 3 aromatic carbocycles. The number of amides is 2. The first kappa shape index (κ1) is 29.1. The smallest absolute Gasteiger partial charge is 0.264 e. The fourth-order valence-electron chi connectivity index (χ4n) is 3.68. The second-order valence-corrected chi connectivity index (χ2v) is 11.6. The van der Waals surface area contributed by atoms with E-state index in [-0.39, 0.29) is 29.0 Å². The number of benzene rings is 3. The number of nitrogens with zero attached hydrogens (tertiary/aromatic N) is 2. The molecule has 0 saturated carbocycles. The zero-order chi connectivity index (χ0) is 27.9. The minimum atomic E-state index is -4.24. The molecule has 0 spiro atoms. The summed E-state index contributed by atoms with van der Waals surface area (Å²) in [5, 5.41) is 3.36. The molecular formula is C28H31ClFN3O4S. The molecule has 3 rings (SSSR count). The summed E-state index contributed by atoms with van der Waals surface area (Å²) in [4.78, 5) is 27.9. The molecule has 0 aliphatic rings. The number of rotatable bonds is 11. The minimum Gasteiger partial charge on any atom is -0.354 e. The normalized spacial score (nSPS) is 12.2. The molecule has 0 saturated heterocycles. The molecule has 1 atom stereocenters. The summed E-state index contributed by atoms with van der Waals surface area (Å²) < 4.78 is 41.7. The van der Waals surface area contributed by atoms with Crippen LogP contribution in [0, 0.1) is 11.7 Å². The van der Waals surface area contributed by atoms with E-state index in [9.17, 15) is 22.4 Å². The van der Waals surface area contributed by atoms with E-state index in [1.54, 1.807) is 61.5 Å². The van der Waals surface area contributed by atoms with Gasteiger partial charge in [-0.3, -0.25) is 13.9 Å². The summed E-state index contributed by atoms with van der Waals surface area (Å²) in [5.41, 5.74) is 0.979. The molecule has 0 aliphatic carbocycles. The second kappa shape index (κ2) is 12.9. The minimum absolute atomic E-state index is 0.0610. The van der Waals surface area contributed by atoms with E-state index in [4.69, 9.17) is 11.6 Å². The van der Waals surface area contributed by atoms with Crippen molar-refractivity contribution in [3.05, 3.63) is 95.3 Å². The van der Waals surface area contributed by atoms with Crippen molar-refractivity contribution in [2.75, 3.05) is 17.4 Å². The van der Waals surface area contributed by atoms with Gasteiger partial charge in [0.1, 0.15) is 18.4 Å². The van der Waals surface area contributed by atoms with Gasteiger partial charge < -0.3 is 10.2 Å². The summed E-state index contributed by atoms with van der Waals surface area (Å²) in [6, 6.07) is 18.5. The van der Waals surface area contributed by atoms with Crippen LogP contribution in [0.2, 0.25) is 5.02 Å². The maximum atomic E-state index is 13.8. The summed E-state index contributed by atoms with van der Waals surface area (Å²) >= 11 is 6.01. The van der Waals surface area contributed by atoms with Crippen molar-refractivity contribution in [1.29, 1.82) is 0 Å². The quantitative estimate of drug-likeness (QED) is 0.363. The van der Waals surface area contributed by atoms with E-state index in [0.717, 1.165) is 34.1 Å². The summed E-state index contributed by atoms with van der Waals surface area (Å²) in [6.45, 7) is 5.44. The molecule has 202 valence electrons. The van der Waals surface area contributed by atoms with E-state index >= 15 is 0 Å². The molecule has 3 aromatic rings. The van der Waals surface area contributed by atoms with E-state index in [1.807, 2.05) is 13.8 Å². The van der Waals surface area contributed by atoms with Crippen LogP contribution in [0.25, 0.3) is 0 Å². The predicted octanol–water partition coefficient (Wildman–Crippen LogP) is 4.86. The van der Waals surface area contributed by atoms with Crippen molar-refractivity contribution in [2.45, 2.75) is 38.3 Å². The number of carbonyl (C=O) groups excluding carboxylic acids is 2. The fourth-order valence-corrected chi connectivity index (χ4v) is 5.22. The Morgan fingerprint density at radius 1 is 0.921 bits per heavy atom. The highest BCUT2D eigenvalue weighted by Crippen LogP contribution is 2.24. The zero-order valence-electron chi connectivity index (χ0n) is 21.5. The van der Waals surface area contributed by atoms with Crippen LogP contribution < -0.4 is 9.62 Å². The Labute approximate surface area is 228 Å². The number of anilines is 1. The van der Waals surface area contributed by atoms with Gasteiger partial charge in [0.25, 0.3) is 10.0 Å². The maximum Gasteiger partial charge on any atom is 0.264 e. The van der Waals surface area contributed by atoms with Crippen LogP contribution in [0.5, 0.6) is 0 Å². The van der Waals surface area contributed by atoms with Crippen LogP contribution in [0.15, 0.2) is 83.8 Å². The third kappa shape index (κ3) is 7.55. The molecule has 1 N–H and O–H groups in total.